The Morgan fingerprint density at radius 3 is 2.67 bits per heavy atom. The van der Waals surface area contributed by atoms with Gasteiger partial charge in [0.05, 0.1) is 6.04 Å². The van der Waals surface area contributed by atoms with E-state index in [1.807, 2.05) is 30.5 Å². The molecule has 1 fully saturated rings. The minimum absolute atomic E-state index is 0.0898. The Morgan fingerprint density at radius 1 is 1.14 bits per heavy atom. The molecule has 0 radical (unpaired) electrons. The second-order valence-corrected chi connectivity index (χ2v) is 5.98. The lowest BCUT2D eigenvalue weighted by Gasteiger charge is -2.35. The summed E-state index contributed by atoms with van der Waals surface area (Å²) in [7, 11) is 0. The van der Waals surface area contributed by atoms with Crippen LogP contribution < -0.4 is 5.32 Å². The highest BCUT2D eigenvalue weighted by Crippen LogP contribution is 2.34. The first-order chi connectivity index (χ1) is 10.3. The van der Waals surface area contributed by atoms with E-state index in [2.05, 4.69) is 21.3 Å². The summed E-state index contributed by atoms with van der Waals surface area (Å²) in [5.74, 6) is 0. The summed E-state index contributed by atoms with van der Waals surface area (Å²) in [6.07, 6.45) is 3.70. The molecule has 1 unspecified atom stereocenters. The minimum atomic E-state index is 0.0898. The number of rotatable bonds is 3. The summed E-state index contributed by atoms with van der Waals surface area (Å²) in [5.41, 5.74) is 2.18. The number of hydrogen-bond acceptors (Lipinski definition) is 3. The molecule has 3 rings (SSSR count). The first kappa shape index (κ1) is 14.8. The molecule has 2 aromatic rings. The smallest absolute Gasteiger partial charge is 0.0633 e. The van der Waals surface area contributed by atoms with Crippen LogP contribution in [0.2, 0.25) is 10.0 Å². The van der Waals surface area contributed by atoms with Crippen molar-refractivity contribution in [2.24, 2.45) is 0 Å². The van der Waals surface area contributed by atoms with E-state index in [-0.39, 0.29) is 6.04 Å². The Morgan fingerprint density at radius 2 is 1.95 bits per heavy atom. The Balaban J connectivity index is 2.05. The highest BCUT2D eigenvalue weighted by atomic mass is 35.5. The molecule has 0 bridgehead atoms. The van der Waals surface area contributed by atoms with Crippen molar-refractivity contribution in [3.05, 3.63) is 63.9 Å². The van der Waals surface area contributed by atoms with Gasteiger partial charge in [0, 0.05) is 48.6 Å². The van der Waals surface area contributed by atoms with Gasteiger partial charge >= 0.3 is 0 Å². The molecular formula is C16H17Cl2N3. The summed E-state index contributed by atoms with van der Waals surface area (Å²) >= 11 is 12.6. The molecule has 5 heteroatoms. The fourth-order valence-electron chi connectivity index (χ4n) is 2.79. The van der Waals surface area contributed by atoms with E-state index in [0.717, 1.165) is 42.3 Å². The van der Waals surface area contributed by atoms with Gasteiger partial charge in [-0.15, -0.1) is 0 Å². The Kier molecular flexibility index (Phi) is 4.76. The molecule has 21 heavy (non-hydrogen) atoms. The zero-order valence-corrected chi connectivity index (χ0v) is 13.1. The number of benzene rings is 1. The molecule has 1 saturated heterocycles. The Labute approximate surface area is 134 Å². The highest BCUT2D eigenvalue weighted by Gasteiger charge is 2.26. The van der Waals surface area contributed by atoms with E-state index in [0.29, 0.717) is 5.02 Å². The monoisotopic (exact) mass is 321 g/mol. The number of nitrogens with one attached hydrogen (secondary N) is 1. The van der Waals surface area contributed by atoms with E-state index < -0.39 is 0 Å². The van der Waals surface area contributed by atoms with Gasteiger partial charge in [-0.2, -0.15) is 0 Å². The van der Waals surface area contributed by atoms with Crippen LogP contribution in [0.15, 0.2) is 42.7 Å². The maximum absolute atomic E-state index is 6.44. The average Bonchev–Trinajstić information content (AvgIpc) is 2.53. The number of hydrogen-bond donors (Lipinski definition) is 1. The van der Waals surface area contributed by atoms with Crippen LogP contribution in [-0.4, -0.2) is 36.1 Å². The minimum Gasteiger partial charge on any atom is -0.314 e. The third-order valence-corrected chi connectivity index (χ3v) is 4.35. The van der Waals surface area contributed by atoms with Crippen LogP contribution in [0.4, 0.5) is 0 Å². The van der Waals surface area contributed by atoms with Crippen molar-refractivity contribution in [3.8, 4) is 0 Å². The summed E-state index contributed by atoms with van der Waals surface area (Å²) in [4.78, 5) is 6.68. The fourth-order valence-corrected chi connectivity index (χ4v) is 3.19. The maximum atomic E-state index is 6.44. The van der Waals surface area contributed by atoms with Gasteiger partial charge in [-0.1, -0.05) is 29.3 Å². The molecule has 110 valence electrons. The number of nitrogens with zero attached hydrogens (tertiary/aromatic N) is 2. The van der Waals surface area contributed by atoms with Crippen molar-refractivity contribution in [1.82, 2.24) is 15.2 Å². The number of halogens is 2. The zero-order chi connectivity index (χ0) is 14.7. The normalized spacial score (nSPS) is 17.6. The predicted molar refractivity (Wildman–Crippen MR) is 87.0 cm³/mol. The maximum Gasteiger partial charge on any atom is 0.0633 e. The van der Waals surface area contributed by atoms with Crippen LogP contribution in [0.1, 0.15) is 17.2 Å². The van der Waals surface area contributed by atoms with Gasteiger partial charge in [0.1, 0.15) is 0 Å². The van der Waals surface area contributed by atoms with Gasteiger partial charge in [-0.3, -0.25) is 9.88 Å². The molecule has 0 spiro atoms. The van der Waals surface area contributed by atoms with E-state index in [4.69, 9.17) is 23.2 Å². The molecule has 1 aromatic carbocycles. The number of piperazine rings is 1. The van der Waals surface area contributed by atoms with Gasteiger partial charge in [0.25, 0.3) is 0 Å². The third kappa shape index (κ3) is 3.38. The van der Waals surface area contributed by atoms with E-state index in [1.54, 1.807) is 6.20 Å². The second-order valence-electron chi connectivity index (χ2n) is 5.14. The molecule has 1 aromatic heterocycles. The first-order valence-electron chi connectivity index (χ1n) is 7.05. The SMILES string of the molecule is Clc1ccc(Cl)c(C(c2cccnc2)N2CCNCC2)c1. The molecule has 1 aliphatic rings. The fraction of sp³-hybridized carbons (Fsp3) is 0.312. The van der Waals surface area contributed by atoms with Crippen LogP contribution in [-0.2, 0) is 0 Å². The standard InChI is InChI=1S/C16H17Cl2N3/c17-13-3-4-15(18)14(10-13)16(12-2-1-5-20-11-12)21-8-6-19-7-9-21/h1-5,10-11,16,19H,6-9H2. The van der Waals surface area contributed by atoms with Crippen molar-refractivity contribution in [3.63, 3.8) is 0 Å². The largest absolute Gasteiger partial charge is 0.314 e. The van der Waals surface area contributed by atoms with E-state index >= 15 is 0 Å². The lowest BCUT2D eigenvalue weighted by atomic mass is 9.97. The van der Waals surface area contributed by atoms with Gasteiger partial charge in [0.2, 0.25) is 0 Å². The van der Waals surface area contributed by atoms with Crippen LogP contribution in [0.25, 0.3) is 0 Å². The summed E-state index contributed by atoms with van der Waals surface area (Å²) < 4.78 is 0. The van der Waals surface area contributed by atoms with Crippen molar-refractivity contribution in [1.29, 1.82) is 0 Å². The quantitative estimate of drug-likeness (QED) is 0.939. The van der Waals surface area contributed by atoms with Crippen LogP contribution in [0.5, 0.6) is 0 Å². The predicted octanol–water partition coefficient (Wildman–Crippen LogP) is 3.38. The summed E-state index contributed by atoms with van der Waals surface area (Å²) in [5, 5.41) is 4.83. The van der Waals surface area contributed by atoms with Crippen molar-refractivity contribution >= 4 is 23.2 Å². The topological polar surface area (TPSA) is 28.2 Å². The van der Waals surface area contributed by atoms with Gasteiger partial charge in [-0.25, -0.2) is 0 Å². The Hall–Kier alpha value is -1.13. The molecule has 3 nitrogen and oxygen atoms in total. The molecule has 2 heterocycles. The van der Waals surface area contributed by atoms with Crippen LogP contribution >= 0.6 is 23.2 Å². The molecule has 1 aliphatic heterocycles. The van der Waals surface area contributed by atoms with Gasteiger partial charge in [0.15, 0.2) is 0 Å². The zero-order valence-electron chi connectivity index (χ0n) is 11.6. The van der Waals surface area contributed by atoms with E-state index in [1.165, 1.54) is 0 Å². The first-order valence-corrected chi connectivity index (χ1v) is 7.81. The molecule has 1 N–H and O–H groups in total. The highest BCUT2D eigenvalue weighted by molar-refractivity contribution is 6.33. The lowest BCUT2D eigenvalue weighted by Crippen LogP contribution is -2.45. The van der Waals surface area contributed by atoms with Crippen LogP contribution in [0.3, 0.4) is 0 Å². The number of aromatic nitrogens is 1. The molecule has 0 amide bonds. The molecule has 1 atom stereocenters. The van der Waals surface area contributed by atoms with Gasteiger partial charge < -0.3 is 5.32 Å². The second kappa shape index (κ2) is 6.75. The lowest BCUT2D eigenvalue weighted by molar-refractivity contribution is 0.198. The third-order valence-electron chi connectivity index (χ3n) is 3.77. The molecular weight excluding hydrogens is 305 g/mol. The van der Waals surface area contributed by atoms with Crippen molar-refractivity contribution < 1.29 is 0 Å². The summed E-state index contributed by atoms with van der Waals surface area (Å²) in [6.45, 7) is 3.91. The molecule has 0 saturated carbocycles. The number of pyridine rings is 1. The van der Waals surface area contributed by atoms with Crippen molar-refractivity contribution in [2.45, 2.75) is 6.04 Å². The summed E-state index contributed by atoms with van der Waals surface area (Å²) in [6, 6.07) is 9.80. The van der Waals surface area contributed by atoms with E-state index in [9.17, 15) is 0 Å². The van der Waals surface area contributed by atoms with Gasteiger partial charge in [-0.05, 0) is 35.4 Å². The Bertz CT molecular complexity index is 598. The average molecular weight is 322 g/mol. The van der Waals surface area contributed by atoms with Crippen molar-refractivity contribution in [2.75, 3.05) is 26.2 Å². The molecule has 0 aliphatic carbocycles. The van der Waals surface area contributed by atoms with Crippen LogP contribution in [0, 0.1) is 0 Å².